The lowest BCUT2D eigenvalue weighted by atomic mass is 10.1. The van der Waals surface area contributed by atoms with Gasteiger partial charge in [-0.3, -0.25) is 0 Å². The Balaban J connectivity index is 2.37. The summed E-state index contributed by atoms with van der Waals surface area (Å²) in [6.45, 7) is 0. The van der Waals surface area contributed by atoms with Gasteiger partial charge < -0.3 is 10.4 Å². The van der Waals surface area contributed by atoms with Crippen molar-refractivity contribution in [3.05, 3.63) is 53.3 Å². The maximum absolute atomic E-state index is 13.6. The molecule has 0 unspecified atom stereocenters. The van der Waals surface area contributed by atoms with Crippen molar-refractivity contribution in [1.29, 1.82) is 5.26 Å². The molecule has 0 aliphatic carbocycles. The van der Waals surface area contributed by atoms with Crippen LogP contribution in [-0.2, 0) is 0 Å². The highest BCUT2D eigenvalue weighted by Crippen LogP contribution is 2.29. The average molecular weight is 302 g/mol. The second-order valence-corrected chi connectivity index (χ2v) is 4.97. The minimum absolute atomic E-state index is 0.382. The summed E-state index contributed by atoms with van der Waals surface area (Å²) < 4.78 is 13.6. The minimum Gasteiger partial charge on any atom is -0.478 e. The van der Waals surface area contributed by atoms with Crippen LogP contribution in [-0.4, -0.2) is 17.3 Å². The molecule has 0 saturated heterocycles. The number of aromatic carboxylic acids is 1. The molecule has 6 heteroatoms. The van der Waals surface area contributed by atoms with Gasteiger partial charge in [-0.1, -0.05) is 6.07 Å². The number of nitrogens with one attached hydrogen (secondary N) is 1. The van der Waals surface area contributed by atoms with Crippen molar-refractivity contribution >= 4 is 29.1 Å². The van der Waals surface area contributed by atoms with E-state index in [2.05, 4.69) is 11.4 Å². The minimum atomic E-state index is -1.32. The summed E-state index contributed by atoms with van der Waals surface area (Å²) in [5.74, 6) is -2.15. The van der Waals surface area contributed by atoms with Crippen molar-refractivity contribution in [1.82, 2.24) is 0 Å². The van der Waals surface area contributed by atoms with Crippen molar-refractivity contribution in [3.8, 4) is 6.07 Å². The van der Waals surface area contributed by atoms with E-state index in [-0.39, 0.29) is 5.56 Å². The first-order valence-electron chi connectivity index (χ1n) is 5.93. The van der Waals surface area contributed by atoms with Gasteiger partial charge in [0.2, 0.25) is 0 Å². The lowest BCUT2D eigenvalue weighted by Crippen LogP contribution is -2.02. The van der Waals surface area contributed by atoms with E-state index in [0.29, 0.717) is 16.9 Å². The molecule has 0 aliphatic heterocycles. The molecule has 106 valence electrons. The first-order chi connectivity index (χ1) is 10.1. The zero-order chi connectivity index (χ0) is 15.4. The van der Waals surface area contributed by atoms with E-state index in [0.717, 1.165) is 11.0 Å². The number of thioether (sulfide) groups is 1. The van der Waals surface area contributed by atoms with Crippen LogP contribution in [0.5, 0.6) is 0 Å². The van der Waals surface area contributed by atoms with Gasteiger partial charge in [0.25, 0.3) is 0 Å². The SMILES string of the molecule is CSc1cccc(Nc2ccc(C(=O)O)c(F)c2)c1C#N. The Bertz CT molecular complexity index is 741. The molecule has 0 atom stereocenters. The molecular formula is C15H11FN2O2S. The highest BCUT2D eigenvalue weighted by Gasteiger charge is 2.12. The highest BCUT2D eigenvalue weighted by atomic mass is 32.2. The lowest BCUT2D eigenvalue weighted by molar-refractivity contribution is 0.0692. The van der Waals surface area contributed by atoms with E-state index in [4.69, 9.17) is 5.11 Å². The molecular weight excluding hydrogens is 291 g/mol. The van der Waals surface area contributed by atoms with Crippen LogP contribution in [0, 0.1) is 17.1 Å². The number of rotatable bonds is 4. The predicted molar refractivity (Wildman–Crippen MR) is 79.6 cm³/mol. The predicted octanol–water partition coefficient (Wildman–Crippen LogP) is 3.86. The Labute approximate surface area is 125 Å². The molecule has 0 bridgehead atoms. The third-order valence-corrected chi connectivity index (χ3v) is 3.62. The van der Waals surface area contributed by atoms with Crippen LogP contribution >= 0.6 is 11.8 Å². The second-order valence-electron chi connectivity index (χ2n) is 4.12. The van der Waals surface area contributed by atoms with Crippen molar-refractivity contribution in [3.63, 3.8) is 0 Å². The molecule has 2 N–H and O–H groups in total. The standard InChI is InChI=1S/C15H11FN2O2S/c1-21-14-4-2-3-13(11(14)8-17)18-9-5-6-10(15(19)20)12(16)7-9/h2-7,18H,1H3,(H,19,20). The van der Waals surface area contributed by atoms with Gasteiger partial charge in [-0.2, -0.15) is 5.26 Å². The zero-order valence-electron chi connectivity index (χ0n) is 11.1. The van der Waals surface area contributed by atoms with Crippen LogP contribution in [0.3, 0.4) is 0 Å². The number of carbonyl (C=O) groups is 1. The van der Waals surface area contributed by atoms with Gasteiger partial charge in [-0.15, -0.1) is 11.8 Å². The molecule has 0 aromatic heterocycles. The molecule has 0 fully saturated rings. The summed E-state index contributed by atoms with van der Waals surface area (Å²) in [5, 5.41) is 21.0. The van der Waals surface area contributed by atoms with Crippen LogP contribution in [0.25, 0.3) is 0 Å². The first-order valence-corrected chi connectivity index (χ1v) is 7.16. The van der Waals surface area contributed by atoms with Crippen molar-refractivity contribution < 1.29 is 14.3 Å². The fraction of sp³-hybridized carbons (Fsp3) is 0.0667. The highest BCUT2D eigenvalue weighted by molar-refractivity contribution is 7.98. The van der Waals surface area contributed by atoms with E-state index < -0.39 is 11.8 Å². The van der Waals surface area contributed by atoms with Gasteiger partial charge >= 0.3 is 5.97 Å². The summed E-state index contributed by atoms with van der Waals surface area (Å²) in [6, 6.07) is 11.2. The summed E-state index contributed by atoms with van der Waals surface area (Å²) in [7, 11) is 0. The number of nitrogens with zero attached hydrogens (tertiary/aromatic N) is 1. The lowest BCUT2D eigenvalue weighted by Gasteiger charge is -2.11. The fourth-order valence-corrected chi connectivity index (χ4v) is 2.42. The summed E-state index contributed by atoms with van der Waals surface area (Å²) in [4.78, 5) is 11.6. The molecule has 2 aromatic rings. The quantitative estimate of drug-likeness (QED) is 0.839. The largest absolute Gasteiger partial charge is 0.478 e. The van der Waals surface area contributed by atoms with Gasteiger partial charge in [0.15, 0.2) is 0 Å². The third kappa shape index (κ3) is 3.15. The molecule has 0 amide bonds. The first kappa shape index (κ1) is 14.9. The third-order valence-electron chi connectivity index (χ3n) is 2.84. The molecule has 2 rings (SSSR count). The number of anilines is 2. The number of carboxylic acid groups (broad SMARTS) is 1. The summed E-state index contributed by atoms with van der Waals surface area (Å²) in [6.07, 6.45) is 1.86. The van der Waals surface area contributed by atoms with Crippen LogP contribution in [0.15, 0.2) is 41.3 Å². The summed E-state index contributed by atoms with van der Waals surface area (Å²) in [5.41, 5.74) is 1.01. The van der Waals surface area contributed by atoms with Gasteiger partial charge in [0.05, 0.1) is 16.8 Å². The number of hydrogen-bond donors (Lipinski definition) is 2. The maximum atomic E-state index is 13.6. The number of carboxylic acids is 1. The number of nitriles is 1. The molecule has 21 heavy (non-hydrogen) atoms. The number of benzene rings is 2. The van der Waals surface area contributed by atoms with Crippen molar-refractivity contribution in [2.45, 2.75) is 4.90 Å². The number of hydrogen-bond acceptors (Lipinski definition) is 4. The molecule has 0 saturated carbocycles. The molecule has 0 spiro atoms. The van der Waals surface area contributed by atoms with E-state index in [1.165, 1.54) is 23.9 Å². The van der Waals surface area contributed by atoms with Gasteiger partial charge in [-0.05, 0) is 36.6 Å². The average Bonchev–Trinajstić information content (AvgIpc) is 2.46. The normalized spacial score (nSPS) is 9.95. The van der Waals surface area contributed by atoms with Crippen molar-refractivity contribution in [2.75, 3.05) is 11.6 Å². The Kier molecular flexibility index (Phi) is 4.45. The smallest absolute Gasteiger partial charge is 0.338 e. The molecule has 0 heterocycles. The molecule has 4 nitrogen and oxygen atoms in total. The number of halogens is 1. The Morgan fingerprint density at radius 3 is 2.71 bits per heavy atom. The van der Waals surface area contributed by atoms with Crippen LogP contribution in [0.4, 0.5) is 15.8 Å². The molecule has 0 aliphatic rings. The van der Waals surface area contributed by atoms with Gasteiger partial charge in [0, 0.05) is 10.6 Å². The maximum Gasteiger partial charge on any atom is 0.338 e. The fourth-order valence-electron chi connectivity index (χ4n) is 1.84. The monoisotopic (exact) mass is 302 g/mol. The van der Waals surface area contributed by atoms with Crippen LogP contribution < -0.4 is 5.32 Å². The van der Waals surface area contributed by atoms with E-state index in [1.807, 2.05) is 12.3 Å². The Morgan fingerprint density at radius 2 is 2.14 bits per heavy atom. The van der Waals surface area contributed by atoms with E-state index in [9.17, 15) is 14.4 Å². The molecule has 0 radical (unpaired) electrons. The zero-order valence-corrected chi connectivity index (χ0v) is 11.9. The van der Waals surface area contributed by atoms with Gasteiger partial charge in [0.1, 0.15) is 11.9 Å². The van der Waals surface area contributed by atoms with Crippen LogP contribution in [0.1, 0.15) is 15.9 Å². The van der Waals surface area contributed by atoms with E-state index >= 15 is 0 Å². The van der Waals surface area contributed by atoms with Crippen molar-refractivity contribution in [2.24, 2.45) is 0 Å². The van der Waals surface area contributed by atoms with Gasteiger partial charge in [-0.25, -0.2) is 9.18 Å². The second kappa shape index (κ2) is 6.29. The van der Waals surface area contributed by atoms with Crippen LogP contribution in [0.2, 0.25) is 0 Å². The Hall–Kier alpha value is -2.52. The molecule has 2 aromatic carbocycles. The van der Waals surface area contributed by atoms with E-state index in [1.54, 1.807) is 12.1 Å². The summed E-state index contributed by atoms with van der Waals surface area (Å²) >= 11 is 1.44. The topological polar surface area (TPSA) is 73.1 Å². The Morgan fingerprint density at radius 1 is 1.38 bits per heavy atom.